The Labute approximate surface area is 85.5 Å². The Morgan fingerprint density at radius 1 is 1.27 bits per heavy atom. The molecular formula is C10H11F2NO2. The van der Waals surface area contributed by atoms with Crippen molar-refractivity contribution >= 4 is 0 Å². The highest BCUT2D eigenvalue weighted by atomic mass is 19.3. The molecule has 0 radical (unpaired) electrons. The van der Waals surface area contributed by atoms with Crippen LogP contribution in [0.25, 0.3) is 0 Å². The average Bonchev–Trinajstić information content (AvgIpc) is 2.16. The molecule has 1 aromatic rings. The maximum Gasteiger partial charge on any atom is 0.271 e. The first-order valence-electron chi connectivity index (χ1n) is 4.28. The van der Waals surface area contributed by atoms with Gasteiger partial charge in [0.2, 0.25) is 0 Å². The quantitative estimate of drug-likeness (QED) is 0.719. The number of nitrogens with two attached hydrogens (primary N) is 1. The smallest absolute Gasteiger partial charge is 0.271 e. The van der Waals surface area contributed by atoms with E-state index in [-0.39, 0.29) is 30.0 Å². The lowest BCUT2D eigenvalue weighted by Crippen LogP contribution is -2.06. The van der Waals surface area contributed by atoms with Gasteiger partial charge in [0.1, 0.15) is 11.5 Å². The van der Waals surface area contributed by atoms with Crippen LogP contribution in [0.15, 0.2) is 29.9 Å². The van der Waals surface area contributed by atoms with Gasteiger partial charge in [-0.15, -0.1) is 0 Å². The van der Waals surface area contributed by atoms with Crippen LogP contribution in [0.3, 0.4) is 0 Å². The first-order valence-corrected chi connectivity index (χ1v) is 4.28. The minimum absolute atomic E-state index is 0.116. The number of rotatable bonds is 3. The van der Waals surface area contributed by atoms with Gasteiger partial charge in [0, 0.05) is 24.6 Å². The molecule has 0 aromatic heterocycles. The lowest BCUT2D eigenvalue weighted by atomic mass is 10.0. The fourth-order valence-electron chi connectivity index (χ4n) is 1.15. The minimum atomic E-state index is -1.83. The zero-order valence-corrected chi connectivity index (χ0v) is 7.87. The number of hydrogen-bond acceptors (Lipinski definition) is 3. The van der Waals surface area contributed by atoms with Crippen molar-refractivity contribution < 1.29 is 19.0 Å². The van der Waals surface area contributed by atoms with Gasteiger partial charge in [-0.3, -0.25) is 0 Å². The van der Waals surface area contributed by atoms with E-state index in [0.29, 0.717) is 5.56 Å². The summed E-state index contributed by atoms with van der Waals surface area (Å²) in [7, 11) is 0. The van der Waals surface area contributed by atoms with Crippen LogP contribution in [0.4, 0.5) is 8.78 Å². The van der Waals surface area contributed by atoms with Crippen molar-refractivity contribution in [2.75, 3.05) is 6.54 Å². The Morgan fingerprint density at radius 2 is 1.93 bits per heavy atom. The molecule has 0 aliphatic rings. The van der Waals surface area contributed by atoms with Gasteiger partial charge in [-0.1, -0.05) is 6.07 Å². The average molecular weight is 215 g/mol. The zero-order chi connectivity index (χ0) is 11.4. The highest BCUT2D eigenvalue weighted by Gasteiger charge is 2.09. The summed E-state index contributed by atoms with van der Waals surface area (Å²) < 4.78 is 24.5. The fourth-order valence-corrected chi connectivity index (χ4v) is 1.15. The summed E-state index contributed by atoms with van der Waals surface area (Å²) in [5.74, 6) is -0.336. The van der Waals surface area contributed by atoms with Gasteiger partial charge >= 0.3 is 0 Å². The molecule has 0 saturated carbocycles. The number of aromatic hydroxyl groups is 2. The molecular weight excluding hydrogens is 204 g/mol. The van der Waals surface area contributed by atoms with Crippen LogP contribution in [-0.4, -0.2) is 16.8 Å². The van der Waals surface area contributed by atoms with Crippen molar-refractivity contribution in [1.82, 2.24) is 0 Å². The third-order valence-corrected chi connectivity index (χ3v) is 1.99. The lowest BCUT2D eigenvalue weighted by Gasteiger charge is -2.06. The van der Waals surface area contributed by atoms with Crippen LogP contribution in [0.5, 0.6) is 11.5 Å². The first kappa shape index (κ1) is 11.5. The summed E-state index contributed by atoms with van der Waals surface area (Å²) in [6.07, 6.45) is -1.95. The van der Waals surface area contributed by atoms with E-state index in [4.69, 9.17) is 10.8 Å². The van der Waals surface area contributed by atoms with Crippen LogP contribution in [-0.2, 0) is 6.42 Å². The SMILES string of the molecule is NCC(Cc1ccc(O)cc1O)=C(F)F. The van der Waals surface area contributed by atoms with Gasteiger partial charge < -0.3 is 15.9 Å². The van der Waals surface area contributed by atoms with Crippen molar-refractivity contribution in [2.24, 2.45) is 5.73 Å². The van der Waals surface area contributed by atoms with Crippen molar-refractivity contribution in [3.8, 4) is 11.5 Å². The van der Waals surface area contributed by atoms with Gasteiger partial charge in [-0.05, 0) is 11.6 Å². The molecule has 1 aromatic carbocycles. The van der Waals surface area contributed by atoms with Gasteiger partial charge in [0.05, 0.1) is 0 Å². The predicted octanol–water partition coefficient (Wildman–Crippen LogP) is 1.75. The van der Waals surface area contributed by atoms with Crippen LogP contribution < -0.4 is 5.73 Å². The molecule has 0 fully saturated rings. The highest BCUT2D eigenvalue weighted by Crippen LogP contribution is 2.25. The summed E-state index contributed by atoms with van der Waals surface area (Å²) in [6.45, 7) is -0.261. The van der Waals surface area contributed by atoms with E-state index < -0.39 is 6.08 Å². The second kappa shape index (κ2) is 4.75. The van der Waals surface area contributed by atoms with E-state index in [2.05, 4.69) is 0 Å². The Balaban J connectivity index is 2.94. The summed E-state index contributed by atoms with van der Waals surface area (Å²) in [4.78, 5) is 0. The Morgan fingerprint density at radius 3 is 2.40 bits per heavy atom. The molecule has 82 valence electrons. The molecule has 4 N–H and O–H groups in total. The van der Waals surface area contributed by atoms with E-state index in [1.807, 2.05) is 0 Å². The summed E-state index contributed by atoms with van der Waals surface area (Å²) in [5, 5.41) is 18.3. The minimum Gasteiger partial charge on any atom is -0.508 e. The lowest BCUT2D eigenvalue weighted by molar-refractivity contribution is 0.407. The molecule has 0 unspecified atom stereocenters. The summed E-state index contributed by atoms with van der Waals surface area (Å²) in [6, 6.07) is 3.79. The molecule has 0 amide bonds. The fraction of sp³-hybridized carbons (Fsp3) is 0.200. The van der Waals surface area contributed by atoms with Gasteiger partial charge in [-0.25, -0.2) is 0 Å². The maximum absolute atomic E-state index is 12.3. The van der Waals surface area contributed by atoms with E-state index >= 15 is 0 Å². The molecule has 0 aliphatic heterocycles. The zero-order valence-electron chi connectivity index (χ0n) is 7.87. The molecule has 3 nitrogen and oxygen atoms in total. The molecule has 0 atom stereocenters. The van der Waals surface area contributed by atoms with Crippen molar-refractivity contribution in [1.29, 1.82) is 0 Å². The highest BCUT2D eigenvalue weighted by molar-refractivity contribution is 5.41. The normalized spacial score (nSPS) is 10.1. The first-order chi connectivity index (χ1) is 7.04. The number of halogens is 2. The molecule has 0 aliphatic carbocycles. The third-order valence-electron chi connectivity index (χ3n) is 1.99. The van der Waals surface area contributed by atoms with Crippen LogP contribution in [0, 0.1) is 0 Å². The molecule has 0 saturated heterocycles. The van der Waals surface area contributed by atoms with E-state index in [9.17, 15) is 13.9 Å². The summed E-state index contributed by atoms with van der Waals surface area (Å²) in [5.41, 5.74) is 5.21. The maximum atomic E-state index is 12.3. The monoisotopic (exact) mass is 215 g/mol. The van der Waals surface area contributed by atoms with Gasteiger partial charge in [0.25, 0.3) is 6.08 Å². The van der Waals surface area contributed by atoms with Crippen molar-refractivity contribution in [2.45, 2.75) is 6.42 Å². The number of hydrogen-bond donors (Lipinski definition) is 3. The number of phenolic OH excluding ortho intramolecular Hbond substituents is 2. The number of benzene rings is 1. The largest absolute Gasteiger partial charge is 0.508 e. The molecule has 0 heterocycles. The Kier molecular flexibility index (Phi) is 3.62. The van der Waals surface area contributed by atoms with E-state index in [1.54, 1.807) is 0 Å². The second-order valence-electron chi connectivity index (χ2n) is 3.06. The Bertz CT molecular complexity index is 387. The molecule has 5 heteroatoms. The van der Waals surface area contributed by atoms with Crippen LogP contribution in [0.2, 0.25) is 0 Å². The number of phenols is 2. The predicted molar refractivity (Wildman–Crippen MR) is 51.8 cm³/mol. The Hall–Kier alpha value is -1.62. The van der Waals surface area contributed by atoms with Gasteiger partial charge in [-0.2, -0.15) is 8.78 Å². The van der Waals surface area contributed by atoms with E-state index in [1.165, 1.54) is 12.1 Å². The molecule has 1 rings (SSSR count). The standard InChI is InChI=1S/C10H11F2NO2/c11-10(12)7(5-13)3-6-1-2-8(14)4-9(6)15/h1-2,4,14-15H,3,5,13H2. The van der Waals surface area contributed by atoms with Crippen molar-refractivity contribution in [3.63, 3.8) is 0 Å². The summed E-state index contributed by atoms with van der Waals surface area (Å²) >= 11 is 0. The third kappa shape index (κ3) is 2.92. The molecule has 0 bridgehead atoms. The van der Waals surface area contributed by atoms with E-state index in [0.717, 1.165) is 6.07 Å². The van der Waals surface area contributed by atoms with Crippen LogP contribution >= 0.6 is 0 Å². The second-order valence-corrected chi connectivity index (χ2v) is 3.06. The van der Waals surface area contributed by atoms with Crippen LogP contribution in [0.1, 0.15) is 5.56 Å². The van der Waals surface area contributed by atoms with Gasteiger partial charge in [0.15, 0.2) is 0 Å². The molecule has 15 heavy (non-hydrogen) atoms. The topological polar surface area (TPSA) is 66.5 Å². The van der Waals surface area contributed by atoms with Crippen molar-refractivity contribution in [3.05, 3.63) is 35.4 Å². The molecule has 0 spiro atoms.